The summed E-state index contributed by atoms with van der Waals surface area (Å²) in [7, 11) is 3.11. The van der Waals surface area contributed by atoms with Crippen molar-refractivity contribution in [2.24, 2.45) is 0 Å². The summed E-state index contributed by atoms with van der Waals surface area (Å²) < 4.78 is 10.5. The molecule has 10 aliphatic heterocycles. The SMILES string of the molecule is COC(=O)[C]12[CH]3[CH]4[CH]5[CH]1[Fe]45321678[CH]2[CH]1[CH]6[C]7(C(=O)OC)[CH]28. The van der Waals surface area contributed by atoms with E-state index in [1.165, 1.54) is 0 Å². The molecule has 10 fully saturated rings. The van der Waals surface area contributed by atoms with E-state index in [1.807, 2.05) is 0 Å². The van der Waals surface area contributed by atoms with Crippen LogP contribution in [0.1, 0.15) is 0 Å². The van der Waals surface area contributed by atoms with Crippen LogP contribution in [0.5, 0.6) is 0 Å². The third-order valence-corrected chi connectivity index (χ3v) is 58.4. The molecule has 0 aromatic rings. The normalized spacial score (nSPS) is 111. The van der Waals surface area contributed by atoms with Crippen molar-refractivity contribution in [2.75, 3.05) is 14.2 Å². The molecule has 10 rings (SSSR count). The number of carbonyl (C=O) groups is 2. The molecule has 102 valence electrons. The summed E-state index contributed by atoms with van der Waals surface area (Å²) in [6.45, 7) is -3.92. The average Bonchev–Trinajstić information content (AvgIpc) is 3.37. The Hall–Kier alpha value is -0.541. The van der Waals surface area contributed by atoms with Crippen LogP contribution in [0.15, 0.2) is 0 Å². The van der Waals surface area contributed by atoms with Crippen LogP contribution in [0.25, 0.3) is 0 Å². The topological polar surface area (TPSA) is 52.6 Å². The molecule has 0 aromatic heterocycles. The van der Waals surface area contributed by atoms with Crippen molar-refractivity contribution >= 4 is 11.9 Å². The molecule has 4 nitrogen and oxygen atoms in total. The molecule has 8 unspecified atom stereocenters. The quantitative estimate of drug-likeness (QED) is 0.581. The van der Waals surface area contributed by atoms with Crippen LogP contribution in [-0.2, 0) is 25.6 Å². The van der Waals surface area contributed by atoms with E-state index in [9.17, 15) is 9.59 Å². The van der Waals surface area contributed by atoms with Crippen LogP contribution in [0.4, 0.5) is 0 Å². The molecular formula is C14H14FeO4. The number of fused-ring (bicyclic) bond motifs is 10. The number of ether oxygens (including phenoxy) is 2. The first-order chi connectivity index (χ1) is 8.89. The van der Waals surface area contributed by atoms with Crippen LogP contribution in [-0.4, -0.2) is 26.2 Å². The fourth-order valence-corrected chi connectivity index (χ4v) is 92.9. The van der Waals surface area contributed by atoms with E-state index in [0.29, 0.717) is 19.3 Å². The van der Waals surface area contributed by atoms with Gasteiger partial charge < -0.3 is 0 Å². The van der Waals surface area contributed by atoms with Gasteiger partial charge >= 0.3 is 98.9 Å². The molecule has 0 amide bonds. The van der Waals surface area contributed by atoms with E-state index >= 15 is 0 Å². The van der Waals surface area contributed by atoms with Crippen molar-refractivity contribution in [3.8, 4) is 0 Å². The molecule has 1 spiro atoms. The van der Waals surface area contributed by atoms with Gasteiger partial charge in [0.25, 0.3) is 0 Å². The summed E-state index contributed by atoms with van der Waals surface area (Å²) in [4.78, 5) is 31.9. The first-order valence-corrected chi connectivity index (χ1v) is 13.5. The van der Waals surface area contributed by atoms with Gasteiger partial charge in [-0.1, -0.05) is 0 Å². The molecule has 0 aromatic carbocycles. The Morgan fingerprint density at radius 1 is 0.789 bits per heavy atom. The molecule has 5 heteroatoms. The molecule has 0 radical (unpaired) electrons. The van der Waals surface area contributed by atoms with Crippen molar-refractivity contribution < 1.29 is 25.6 Å². The molecule has 10 heterocycles. The third kappa shape index (κ3) is 0.0716. The van der Waals surface area contributed by atoms with Gasteiger partial charge in [0, 0.05) is 0 Å². The summed E-state index contributed by atoms with van der Waals surface area (Å²) in [5.74, 6) is 0.226. The van der Waals surface area contributed by atoms with Gasteiger partial charge in [0.1, 0.15) is 0 Å². The van der Waals surface area contributed by atoms with E-state index in [1.54, 1.807) is 14.2 Å². The number of esters is 2. The Labute approximate surface area is 99.0 Å². The number of rotatable bonds is 2. The molecule has 0 N–H and O–H groups in total. The van der Waals surface area contributed by atoms with Crippen LogP contribution in [0.2, 0.25) is 47.2 Å². The number of hydrogen-bond donors (Lipinski definition) is 0. The van der Waals surface area contributed by atoms with Crippen molar-refractivity contribution in [1.29, 1.82) is 0 Å². The van der Waals surface area contributed by atoms with Crippen LogP contribution < -0.4 is 0 Å². The fourth-order valence-electron chi connectivity index (χ4n) is 18.0. The van der Waals surface area contributed by atoms with Gasteiger partial charge in [-0.3, -0.25) is 0 Å². The fraction of sp³-hybridized carbons (Fsp3) is 0.857. The second-order valence-electron chi connectivity index (χ2n) is 10.8. The molecule has 0 bridgehead atoms. The van der Waals surface area contributed by atoms with Gasteiger partial charge in [-0.15, -0.1) is 0 Å². The van der Waals surface area contributed by atoms with Gasteiger partial charge in [-0.2, -0.15) is 0 Å². The van der Waals surface area contributed by atoms with E-state index in [4.69, 9.17) is 9.47 Å². The molecule has 10 aliphatic rings. The van der Waals surface area contributed by atoms with Gasteiger partial charge in [0.2, 0.25) is 0 Å². The third-order valence-electron chi connectivity index (χ3n) is 15.8. The summed E-state index contributed by atoms with van der Waals surface area (Å²) in [5.41, 5.74) is 0. The standard InChI is InChI=1S/2C7H7O2.Fe/c2*1-9-7(8)6-4-2-3-5-6;/h2*2-5H,1H3;. The van der Waals surface area contributed by atoms with Crippen molar-refractivity contribution in [3.05, 3.63) is 0 Å². The zero-order valence-corrected chi connectivity index (χ0v) is 11.7. The first kappa shape index (κ1) is 7.46. The van der Waals surface area contributed by atoms with Gasteiger partial charge in [0.15, 0.2) is 0 Å². The Morgan fingerprint density at radius 2 is 1.11 bits per heavy atom. The molecule has 0 aliphatic carbocycles. The molecular weight excluding hydrogens is 288 g/mol. The predicted octanol–water partition coefficient (Wildman–Crippen LogP) is 2.46. The molecule has 10 saturated heterocycles. The summed E-state index contributed by atoms with van der Waals surface area (Å²) >= 11 is 0. The summed E-state index contributed by atoms with van der Waals surface area (Å²) in [6.07, 6.45) is 0. The number of carbonyl (C=O) groups excluding carboxylic acids is 2. The monoisotopic (exact) mass is 302 g/mol. The van der Waals surface area contributed by atoms with Crippen LogP contribution in [0, 0.1) is 0 Å². The Morgan fingerprint density at radius 3 is 1.32 bits per heavy atom. The van der Waals surface area contributed by atoms with Crippen LogP contribution >= 0.6 is 0 Å². The Kier molecular flexibility index (Phi) is 0.237. The maximum absolute atomic E-state index is 12.7. The molecule has 0 saturated carbocycles. The summed E-state index contributed by atoms with van der Waals surface area (Å²) in [5, 5.41) is 0. The first-order valence-electron chi connectivity index (χ1n) is 7.27. The summed E-state index contributed by atoms with van der Waals surface area (Å²) in [6, 6.07) is 0. The van der Waals surface area contributed by atoms with Gasteiger partial charge in [0.05, 0.1) is 0 Å². The number of hydrogen-bond acceptors (Lipinski definition) is 4. The molecule has 8 atom stereocenters. The predicted molar refractivity (Wildman–Crippen MR) is 59.4 cm³/mol. The zero-order chi connectivity index (χ0) is 12.5. The van der Waals surface area contributed by atoms with Crippen molar-refractivity contribution in [1.82, 2.24) is 0 Å². The van der Waals surface area contributed by atoms with Gasteiger partial charge in [-0.05, 0) is 0 Å². The van der Waals surface area contributed by atoms with Crippen LogP contribution in [0.3, 0.4) is 0 Å². The zero-order valence-electron chi connectivity index (χ0n) is 10.6. The second-order valence-corrected chi connectivity index (χ2v) is 34.0. The Bertz CT molecular complexity index is 1030. The van der Waals surface area contributed by atoms with Crippen molar-refractivity contribution in [2.45, 2.75) is 47.2 Å². The minimum atomic E-state index is -3.92. The number of methoxy groups -OCH3 is 2. The molecule has 19 heavy (non-hydrogen) atoms. The second kappa shape index (κ2) is 0.604. The van der Waals surface area contributed by atoms with E-state index in [0.717, 1.165) is 19.3 Å². The van der Waals surface area contributed by atoms with E-state index in [2.05, 4.69) is 0 Å². The van der Waals surface area contributed by atoms with Crippen molar-refractivity contribution in [3.63, 3.8) is 0 Å². The van der Waals surface area contributed by atoms with Gasteiger partial charge in [-0.25, -0.2) is 0 Å². The van der Waals surface area contributed by atoms with E-state index in [-0.39, 0.29) is 20.6 Å². The Balaban J connectivity index is 1.60. The van der Waals surface area contributed by atoms with E-state index < -0.39 is 6.51 Å². The minimum absolute atomic E-state index is 0.0165. The average molecular weight is 302 g/mol. The maximum atomic E-state index is 12.7.